The molecule has 0 spiro atoms. The summed E-state index contributed by atoms with van der Waals surface area (Å²) < 4.78 is 5.65. The Morgan fingerprint density at radius 1 is 1.20 bits per heavy atom. The van der Waals surface area contributed by atoms with E-state index in [-0.39, 0.29) is 0 Å². The van der Waals surface area contributed by atoms with Crippen molar-refractivity contribution in [2.24, 2.45) is 16.6 Å². The van der Waals surface area contributed by atoms with Crippen molar-refractivity contribution in [3.8, 4) is 5.75 Å². The van der Waals surface area contributed by atoms with Crippen LogP contribution in [0.1, 0.15) is 33.3 Å². The van der Waals surface area contributed by atoms with E-state index in [1.165, 1.54) is 5.56 Å². The predicted octanol–water partition coefficient (Wildman–Crippen LogP) is 2.58. The van der Waals surface area contributed by atoms with E-state index in [0.29, 0.717) is 24.5 Å². The van der Waals surface area contributed by atoms with Crippen molar-refractivity contribution in [1.82, 2.24) is 5.32 Å². The van der Waals surface area contributed by atoms with Gasteiger partial charge >= 0.3 is 0 Å². The molecule has 0 amide bonds. The van der Waals surface area contributed by atoms with Crippen LogP contribution >= 0.6 is 0 Å². The summed E-state index contributed by atoms with van der Waals surface area (Å²) in [5.41, 5.74) is 6.99. The molecule has 1 rings (SSSR count). The first-order chi connectivity index (χ1) is 9.47. The van der Waals surface area contributed by atoms with Crippen molar-refractivity contribution in [3.63, 3.8) is 0 Å². The highest BCUT2D eigenvalue weighted by Crippen LogP contribution is 2.13. The molecule has 4 nitrogen and oxygen atoms in total. The van der Waals surface area contributed by atoms with Crippen LogP contribution in [0.15, 0.2) is 29.3 Å². The number of ether oxygens (including phenoxy) is 1. The highest BCUT2D eigenvalue weighted by molar-refractivity contribution is 5.78. The summed E-state index contributed by atoms with van der Waals surface area (Å²) in [7, 11) is 0. The number of guanidine groups is 1. The summed E-state index contributed by atoms with van der Waals surface area (Å²) >= 11 is 0. The third kappa shape index (κ3) is 7.02. The molecule has 112 valence electrons. The van der Waals surface area contributed by atoms with Gasteiger partial charge in [0, 0.05) is 12.6 Å². The highest BCUT2D eigenvalue weighted by Gasteiger charge is 1.99. The molecular formula is C16H27N3O. The zero-order valence-electron chi connectivity index (χ0n) is 13.0. The summed E-state index contributed by atoms with van der Waals surface area (Å²) in [4.78, 5) is 4.29. The first-order valence-electron chi connectivity index (χ1n) is 7.25. The van der Waals surface area contributed by atoms with E-state index in [9.17, 15) is 0 Å². The molecule has 0 bridgehead atoms. The summed E-state index contributed by atoms with van der Waals surface area (Å²) in [5.74, 6) is 1.98. The third-order valence-corrected chi connectivity index (χ3v) is 2.63. The second-order valence-corrected chi connectivity index (χ2v) is 5.66. The second kappa shape index (κ2) is 8.46. The number of hydrogen-bond donors (Lipinski definition) is 2. The van der Waals surface area contributed by atoms with E-state index < -0.39 is 0 Å². The van der Waals surface area contributed by atoms with Crippen LogP contribution in [0.25, 0.3) is 0 Å². The van der Waals surface area contributed by atoms with E-state index in [1.807, 2.05) is 26.0 Å². The molecule has 0 aliphatic carbocycles. The van der Waals surface area contributed by atoms with Gasteiger partial charge in [0.2, 0.25) is 0 Å². The zero-order valence-corrected chi connectivity index (χ0v) is 13.0. The average Bonchev–Trinajstić information content (AvgIpc) is 2.37. The van der Waals surface area contributed by atoms with Gasteiger partial charge < -0.3 is 15.8 Å². The minimum absolute atomic E-state index is 0.316. The molecule has 0 saturated carbocycles. The van der Waals surface area contributed by atoms with Crippen molar-refractivity contribution in [2.75, 3.05) is 13.2 Å². The van der Waals surface area contributed by atoms with Gasteiger partial charge in [0.25, 0.3) is 0 Å². The number of hydrogen-bond acceptors (Lipinski definition) is 2. The minimum atomic E-state index is 0.316. The van der Waals surface area contributed by atoms with Crippen LogP contribution in [0.5, 0.6) is 5.75 Å². The Bertz CT molecular complexity index is 410. The topological polar surface area (TPSA) is 59.6 Å². The lowest BCUT2D eigenvalue weighted by Crippen LogP contribution is -2.36. The maximum Gasteiger partial charge on any atom is 0.188 e. The molecule has 0 heterocycles. The van der Waals surface area contributed by atoms with Crippen LogP contribution in [-0.4, -0.2) is 25.2 Å². The first kappa shape index (κ1) is 16.3. The van der Waals surface area contributed by atoms with Gasteiger partial charge in [-0.05, 0) is 43.9 Å². The normalized spacial score (nSPS) is 12.0. The molecule has 0 saturated heterocycles. The number of rotatable bonds is 7. The van der Waals surface area contributed by atoms with Gasteiger partial charge in [-0.25, -0.2) is 0 Å². The smallest absolute Gasteiger partial charge is 0.188 e. The van der Waals surface area contributed by atoms with E-state index in [4.69, 9.17) is 10.5 Å². The predicted molar refractivity (Wildman–Crippen MR) is 85.2 cm³/mol. The molecule has 1 aromatic rings. The summed E-state index contributed by atoms with van der Waals surface area (Å²) in [6, 6.07) is 8.50. The standard InChI is InChI=1S/C16H27N3O/c1-12(2)11-20-15-7-5-14(6-8-15)9-10-18-16(17)19-13(3)4/h5-8,12-13H,9-11H2,1-4H3,(H3,17,18,19). The molecule has 4 heteroatoms. The molecule has 0 aromatic heterocycles. The molecule has 3 N–H and O–H groups in total. The Balaban J connectivity index is 2.38. The highest BCUT2D eigenvalue weighted by atomic mass is 16.5. The van der Waals surface area contributed by atoms with Gasteiger partial charge in [-0.2, -0.15) is 0 Å². The lowest BCUT2D eigenvalue weighted by molar-refractivity contribution is 0.271. The van der Waals surface area contributed by atoms with Crippen LogP contribution in [0.3, 0.4) is 0 Å². The third-order valence-electron chi connectivity index (χ3n) is 2.63. The Kier molecular flexibility index (Phi) is 6.91. The van der Waals surface area contributed by atoms with E-state index in [2.05, 4.69) is 36.3 Å². The lowest BCUT2D eigenvalue weighted by Gasteiger charge is -2.09. The number of nitrogens with one attached hydrogen (secondary N) is 1. The second-order valence-electron chi connectivity index (χ2n) is 5.66. The Hall–Kier alpha value is -1.71. The quantitative estimate of drug-likeness (QED) is 0.595. The maximum absolute atomic E-state index is 5.75. The molecule has 0 fully saturated rings. The van der Waals surface area contributed by atoms with Crippen LogP contribution in [0.2, 0.25) is 0 Å². The molecule has 1 aromatic carbocycles. The summed E-state index contributed by atoms with van der Waals surface area (Å²) in [6.45, 7) is 9.80. The van der Waals surface area contributed by atoms with Crippen molar-refractivity contribution in [1.29, 1.82) is 0 Å². The number of aliphatic imine (C=N–C) groups is 1. The minimum Gasteiger partial charge on any atom is -0.493 e. The van der Waals surface area contributed by atoms with Crippen LogP contribution < -0.4 is 15.8 Å². The molecular weight excluding hydrogens is 250 g/mol. The fraction of sp³-hybridized carbons (Fsp3) is 0.562. The molecule has 0 atom stereocenters. The molecule has 0 aliphatic rings. The van der Waals surface area contributed by atoms with Crippen molar-refractivity contribution in [2.45, 2.75) is 40.2 Å². The van der Waals surface area contributed by atoms with Gasteiger partial charge in [-0.3, -0.25) is 4.99 Å². The van der Waals surface area contributed by atoms with Gasteiger partial charge in [0.1, 0.15) is 5.75 Å². The van der Waals surface area contributed by atoms with E-state index >= 15 is 0 Å². The van der Waals surface area contributed by atoms with Crippen LogP contribution in [-0.2, 0) is 6.42 Å². The van der Waals surface area contributed by atoms with E-state index in [1.54, 1.807) is 0 Å². The van der Waals surface area contributed by atoms with Crippen molar-refractivity contribution >= 4 is 5.96 Å². The SMILES string of the molecule is CC(C)COc1ccc(CCN=C(N)NC(C)C)cc1. The van der Waals surface area contributed by atoms with E-state index in [0.717, 1.165) is 18.8 Å². The molecule has 0 aliphatic heterocycles. The zero-order chi connectivity index (χ0) is 15.0. The van der Waals surface area contributed by atoms with Gasteiger partial charge in [0.15, 0.2) is 5.96 Å². The largest absolute Gasteiger partial charge is 0.493 e. The number of nitrogens with zero attached hydrogens (tertiary/aromatic N) is 1. The van der Waals surface area contributed by atoms with Gasteiger partial charge in [-0.1, -0.05) is 26.0 Å². The van der Waals surface area contributed by atoms with Crippen molar-refractivity contribution in [3.05, 3.63) is 29.8 Å². The van der Waals surface area contributed by atoms with Gasteiger partial charge in [-0.15, -0.1) is 0 Å². The Morgan fingerprint density at radius 3 is 2.40 bits per heavy atom. The molecule has 20 heavy (non-hydrogen) atoms. The Labute approximate surface area is 122 Å². The van der Waals surface area contributed by atoms with Crippen LogP contribution in [0.4, 0.5) is 0 Å². The summed E-state index contributed by atoms with van der Waals surface area (Å²) in [6.07, 6.45) is 0.880. The lowest BCUT2D eigenvalue weighted by atomic mass is 10.1. The monoisotopic (exact) mass is 277 g/mol. The number of nitrogens with two attached hydrogens (primary N) is 1. The van der Waals surface area contributed by atoms with Gasteiger partial charge in [0.05, 0.1) is 6.61 Å². The van der Waals surface area contributed by atoms with Crippen LogP contribution in [0, 0.1) is 5.92 Å². The fourth-order valence-electron chi connectivity index (χ4n) is 1.66. The number of benzene rings is 1. The van der Waals surface area contributed by atoms with Crippen molar-refractivity contribution < 1.29 is 4.74 Å². The first-order valence-corrected chi connectivity index (χ1v) is 7.25. The molecule has 0 unspecified atom stereocenters. The average molecular weight is 277 g/mol. The molecule has 0 radical (unpaired) electrons. The fourth-order valence-corrected chi connectivity index (χ4v) is 1.66. The maximum atomic E-state index is 5.75. The Morgan fingerprint density at radius 2 is 1.85 bits per heavy atom. The summed E-state index contributed by atoms with van der Waals surface area (Å²) in [5, 5.41) is 3.07.